The van der Waals surface area contributed by atoms with Gasteiger partial charge >= 0.3 is 0 Å². The molecule has 0 bridgehead atoms. The highest BCUT2D eigenvalue weighted by atomic mass is 32.1. The Morgan fingerprint density at radius 2 is 2.23 bits per heavy atom. The van der Waals surface area contributed by atoms with Gasteiger partial charge in [-0.25, -0.2) is 4.98 Å². The maximum Gasteiger partial charge on any atom is 0.266 e. The van der Waals surface area contributed by atoms with E-state index in [0.717, 1.165) is 36.5 Å². The number of rotatable bonds is 4. The summed E-state index contributed by atoms with van der Waals surface area (Å²) in [5, 5.41) is 7.12. The van der Waals surface area contributed by atoms with Crippen LogP contribution in [0.3, 0.4) is 0 Å². The highest BCUT2D eigenvalue weighted by Crippen LogP contribution is 2.23. The molecule has 1 saturated carbocycles. The molecule has 22 heavy (non-hydrogen) atoms. The van der Waals surface area contributed by atoms with E-state index in [4.69, 9.17) is 0 Å². The summed E-state index contributed by atoms with van der Waals surface area (Å²) in [6.45, 7) is 5.71. The summed E-state index contributed by atoms with van der Waals surface area (Å²) in [7, 11) is 0. The summed E-state index contributed by atoms with van der Waals surface area (Å²) in [5.41, 5.74) is 0.840. The Morgan fingerprint density at radius 3 is 2.91 bits per heavy atom. The van der Waals surface area contributed by atoms with Crippen molar-refractivity contribution >= 4 is 23.2 Å². The van der Waals surface area contributed by atoms with E-state index < -0.39 is 6.04 Å². The molecule has 1 aromatic rings. The number of amides is 2. The van der Waals surface area contributed by atoms with Gasteiger partial charge in [-0.1, -0.05) is 6.92 Å². The van der Waals surface area contributed by atoms with Crippen molar-refractivity contribution in [2.24, 2.45) is 0 Å². The monoisotopic (exact) mass is 322 g/mol. The first-order valence-corrected chi connectivity index (χ1v) is 8.70. The summed E-state index contributed by atoms with van der Waals surface area (Å²) < 4.78 is 0. The number of hydrogen-bond donors (Lipinski definition) is 2. The van der Waals surface area contributed by atoms with Gasteiger partial charge in [-0.3, -0.25) is 9.59 Å². The lowest BCUT2D eigenvalue weighted by atomic mass is 10.1. The zero-order valence-electron chi connectivity index (χ0n) is 13.0. The summed E-state index contributed by atoms with van der Waals surface area (Å²) in [6.07, 6.45) is 2.83. The molecule has 0 radical (unpaired) electrons. The fourth-order valence-corrected chi connectivity index (χ4v) is 3.68. The van der Waals surface area contributed by atoms with Crippen molar-refractivity contribution in [3.8, 4) is 0 Å². The first kappa shape index (κ1) is 15.4. The SMILES string of the molecule is CCc1nc(C)sc1C(=O)N1CCNC[C@@H]1C(=O)NC1CC1. The van der Waals surface area contributed by atoms with Crippen LogP contribution in [0.4, 0.5) is 0 Å². The fraction of sp³-hybridized carbons (Fsp3) is 0.667. The first-order chi connectivity index (χ1) is 10.6. The van der Waals surface area contributed by atoms with Crippen LogP contribution < -0.4 is 10.6 Å². The van der Waals surface area contributed by atoms with Crippen molar-refractivity contribution in [1.29, 1.82) is 0 Å². The smallest absolute Gasteiger partial charge is 0.266 e. The maximum atomic E-state index is 12.9. The molecule has 120 valence electrons. The minimum Gasteiger partial charge on any atom is -0.352 e. The molecule has 1 aromatic heterocycles. The van der Waals surface area contributed by atoms with Gasteiger partial charge in [0.1, 0.15) is 10.9 Å². The van der Waals surface area contributed by atoms with Crippen LogP contribution in [-0.4, -0.2) is 53.4 Å². The second kappa shape index (κ2) is 6.34. The van der Waals surface area contributed by atoms with Gasteiger partial charge in [-0.05, 0) is 26.2 Å². The molecule has 2 heterocycles. The van der Waals surface area contributed by atoms with Gasteiger partial charge in [0.25, 0.3) is 5.91 Å². The highest BCUT2D eigenvalue weighted by Gasteiger charge is 2.36. The van der Waals surface area contributed by atoms with Crippen molar-refractivity contribution in [1.82, 2.24) is 20.5 Å². The van der Waals surface area contributed by atoms with Gasteiger partial charge in [-0.2, -0.15) is 0 Å². The molecule has 2 aliphatic rings. The van der Waals surface area contributed by atoms with Crippen LogP contribution in [0.1, 0.15) is 40.1 Å². The number of hydrogen-bond acceptors (Lipinski definition) is 5. The van der Waals surface area contributed by atoms with Gasteiger partial charge in [0.05, 0.1) is 10.7 Å². The largest absolute Gasteiger partial charge is 0.352 e. The van der Waals surface area contributed by atoms with Crippen LogP contribution in [-0.2, 0) is 11.2 Å². The minimum atomic E-state index is -0.422. The average molecular weight is 322 g/mol. The van der Waals surface area contributed by atoms with E-state index in [1.807, 2.05) is 13.8 Å². The molecule has 1 atom stereocenters. The lowest BCUT2D eigenvalue weighted by molar-refractivity contribution is -0.126. The van der Waals surface area contributed by atoms with Gasteiger partial charge in [0.2, 0.25) is 5.91 Å². The number of nitrogens with zero attached hydrogens (tertiary/aromatic N) is 2. The zero-order chi connectivity index (χ0) is 15.7. The summed E-state index contributed by atoms with van der Waals surface area (Å²) >= 11 is 1.43. The van der Waals surface area contributed by atoms with Crippen LogP contribution in [0, 0.1) is 6.92 Å². The van der Waals surface area contributed by atoms with Crippen molar-refractivity contribution < 1.29 is 9.59 Å². The normalized spacial score (nSPS) is 21.7. The molecule has 3 rings (SSSR count). The molecule has 1 aliphatic heterocycles. The predicted octanol–water partition coefficient (Wildman–Crippen LogP) is 0.707. The van der Waals surface area contributed by atoms with Crippen molar-refractivity contribution in [3.05, 3.63) is 15.6 Å². The predicted molar refractivity (Wildman–Crippen MR) is 85.1 cm³/mol. The molecular formula is C15H22N4O2S. The molecule has 2 fully saturated rings. The molecule has 0 unspecified atom stereocenters. The maximum absolute atomic E-state index is 12.9. The van der Waals surface area contributed by atoms with Crippen LogP contribution in [0.2, 0.25) is 0 Å². The molecule has 6 nitrogen and oxygen atoms in total. The number of nitrogens with one attached hydrogen (secondary N) is 2. The number of aromatic nitrogens is 1. The third-order valence-electron chi connectivity index (χ3n) is 4.06. The Morgan fingerprint density at radius 1 is 1.45 bits per heavy atom. The minimum absolute atomic E-state index is 0.0395. The van der Waals surface area contributed by atoms with Crippen molar-refractivity contribution in [3.63, 3.8) is 0 Å². The number of thiazole rings is 1. The van der Waals surface area contributed by atoms with Gasteiger partial charge in [-0.15, -0.1) is 11.3 Å². The highest BCUT2D eigenvalue weighted by molar-refractivity contribution is 7.13. The van der Waals surface area contributed by atoms with E-state index in [1.54, 1.807) is 4.90 Å². The Labute approximate surface area is 134 Å². The van der Waals surface area contributed by atoms with Crippen LogP contribution in [0.25, 0.3) is 0 Å². The number of carbonyl (C=O) groups excluding carboxylic acids is 2. The number of piperazine rings is 1. The molecule has 0 aromatic carbocycles. The number of carbonyl (C=O) groups is 2. The van der Waals surface area contributed by atoms with E-state index in [2.05, 4.69) is 15.6 Å². The molecule has 1 aliphatic carbocycles. The van der Waals surface area contributed by atoms with Crippen LogP contribution in [0.5, 0.6) is 0 Å². The van der Waals surface area contributed by atoms with E-state index in [1.165, 1.54) is 11.3 Å². The Bertz CT molecular complexity index is 582. The lowest BCUT2D eigenvalue weighted by Crippen LogP contribution is -2.59. The molecule has 2 amide bonds. The van der Waals surface area contributed by atoms with Crippen molar-refractivity contribution in [2.45, 2.75) is 45.2 Å². The van der Waals surface area contributed by atoms with E-state index in [9.17, 15) is 9.59 Å². The summed E-state index contributed by atoms with van der Waals surface area (Å²) in [4.78, 5) is 32.1. The molecule has 0 spiro atoms. The van der Waals surface area contributed by atoms with Crippen LogP contribution >= 0.6 is 11.3 Å². The van der Waals surface area contributed by atoms with E-state index >= 15 is 0 Å². The first-order valence-electron chi connectivity index (χ1n) is 7.88. The molecular weight excluding hydrogens is 300 g/mol. The topological polar surface area (TPSA) is 74.3 Å². The van der Waals surface area contributed by atoms with Gasteiger partial charge in [0.15, 0.2) is 0 Å². The second-order valence-electron chi connectivity index (χ2n) is 5.86. The second-order valence-corrected chi connectivity index (χ2v) is 7.07. The average Bonchev–Trinajstić information content (AvgIpc) is 3.26. The molecule has 2 N–H and O–H groups in total. The van der Waals surface area contributed by atoms with Crippen molar-refractivity contribution in [2.75, 3.05) is 19.6 Å². The van der Waals surface area contributed by atoms with E-state index in [0.29, 0.717) is 24.0 Å². The Balaban J connectivity index is 1.79. The van der Waals surface area contributed by atoms with Crippen LogP contribution in [0.15, 0.2) is 0 Å². The molecule has 7 heteroatoms. The Kier molecular flexibility index (Phi) is 4.44. The number of aryl methyl sites for hydroxylation is 2. The van der Waals surface area contributed by atoms with Gasteiger partial charge < -0.3 is 15.5 Å². The van der Waals surface area contributed by atoms with Gasteiger partial charge in [0, 0.05) is 25.7 Å². The zero-order valence-corrected chi connectivity index (χ0v) is 13.8. The quantitative estimate of drug-likeness (QED) is 0.856. The lowest BCUT2D eigenvalue weighted by Gasteiger charge is -2.35. The third kappa shape index (κ3) is 3.15. The summed E-state index contributed by atoms with van der Waals surface area (Å²) in [6, 6.07) is -0.114. The third-order valence-corrected chi connectivity index (χ3v) is 5.07. The van der Waals surface area contributed by atoms with E-state index in [-0.39, 0.29) is 11.8 Å². The standard InChI is InChI=1S/C15H22N4O2S/c1-3-11-13(22-9(2)17-11)15(21)19-7-6-16-8-12(19)14(20)18-10-4-5-10/h10,12,16H,3-8H2,1-2H3,(H,18,20)/t12-/m1/s1. The fourth-order valence-electron chi connectivity index (χ4n) is 2.71. The molecule has 1 saturated heterocycles. The Hall–Kier alpha value is -1.47. The summed E-state index contributed by atoms with van der Waals surface area (Å²) in [5.74, 6) is -0.0952.